The molecule has 114 valence electrons. The van der Waals surface area contributed by atoms with Crippen molar-refractivity contribution in [3.63, 3.8) is 0 Å². The Morgan fingerprint density at radius 2 is 1.81 bits per heavy atom. The summed E-state index contributed by atoms with van der Waals surface area (Å²) in [7, 11) is 0. The molecule has 0 spiro atoms. The Morgan fingerprint density at radius 3 is 2.38 bits per heavy atom. The Bertz CT molecular complexity index is 495. The van der Waals surface area contributed by atoms with Crippen LogP contribution in [0.3, 0.4) is 0 Å². The van der Waals surface area contributed by atoms with E-state index < -0.39 is 12.0 Å². The maximum Gasteiger partial charge on any atom is 0.326 e. The maximum absolute atomic E-state index is 12.2. The Balaban J connectivity index is 1.96. The summed E-state index contributed by atoms with van der Waals surface area (Å²) in [6.45, 7) is 0. The largest absolute Gasteiger partial charge is 0.480 e. The molecule has 1 unspecified atom stereocenters. The van der Waals surface area contributed by atoms with Gasteiger partial charge in [0.05, 0.1) is 0 Å². The summed E-state index contributed by atoms with van der Waals surface area (Å²) in [6.07, 6.45) is 5.34. The highest BCUT2D eigenvalue weighted by Gasteiger charge is 2.26. The van der Waals surface area contributed by atoms with E-state index in [9.17, 15) is 14.7 Å². The molecule has 0 radical (unpaired) electrons. The van der Waals surface area contributed by atoms with Crippen LogP contribution in [0.2, 0.25) is 0 Å². The number of halogens is 1. The fourth-order valence-electron chi connectivity index (χ4n) is 2.71. The summed E-state index contributed by atoms with van der Waals surface area (Å²) in [4.78, 5) is 23.5. The third-order valence-corrected chi connectivity index (χ3v) is 4.47. The highest BCUT2D eigenvalue weighted by molar-refractivity contribution is 9.10. The number of amides is 1. The van der Waals surface area contributed by atoms with E-state index in [-0.39, 0.29) is 11.8 Å². The van der Waals surface area contributed by atoms with Gasteiger partial charge in [0.1, 0.15) is 6.04 Å². The molecule has 2 N–H and O–H groups in total. The van der Waals surface area contributed by atoms with Crippen LogP contribution in [0.25, 0.3) is 0 Å². The molecule has 2 rings (SSSR count). The molecule has 0 heterocycles. The average Bonchev–Trinajstić information content (AvgIpc) is 2.49. The number of carboxylic acid groups (broad SMARTS) is 1. The van der Waals surface area contributed by atoms with Gasteiger partial charge in [-0.05, 0) is 30.5 Å². The van der Waals surface area contributed by atoms with E-state index in [0.717, 1.165) is 35.7 Å². The Hall–Kier alpha value is -1.36. The molecule has 1 aromatic carbocycles. The zero-order chi connectivity index (χ0) is 15.2. The van der Waals surface area contributed by atoms with Gasteiger partial charge in [-0.2, -0.15) is 0 Å². The van der Waals surface area contributed by atoms with Gasteiger partial charge in [0, 0.05) is 16.8 Å². The summed E-state index contributed by atoms with van der Waals surface area (Å²) in [5.74, 6) is -1.12. The van der Waals surface area contributed by atoms with Crippen LogP contribution in [-0.4, -0.2) is 23.0 Å². The predicted molar refractivity (Wildman–Crippen MR) is 84.0 cm³/mol. The van der Waals surface area contributed by atoms with Gasteiger partial charge in [-0.1, -0.05) is 47.3 Å². The molecule has 0 saturated heterocycles. The van der Waals surface area contributed by atoms with Crippen molar-refractivity contribution in [1.29, 1.82) is 0 Å². The first-order valence-electron chi connectivity index (χ1n) is 7.34. The van der Waals surface area contributed by atoms with Gasteiger partial charge in [-0.15, -0.1) is 0 Å². The fraction of sp³-hybridized carbons (Fsp3) is 0.500. The summed E-state index contributed by atoms with van der Waals surface area (Å²) in [6, 6.07) is 6.62. The van der Waals surface area contributed by atoms with Crippen molar-refractivity contribution in [2.45, 2.75) is 44.6 Å². The molecule has 1 aliphatic rings. The van der Waals surface area contributed by atoms with Crippen LogP contribution in [0.4, 0.5) is 0 Å². The minimum atomic E-state index is -0.984. The van der Waals surface area contributed by atoms with E-state index in [1.165, 1.54) is 6.42 Å². The second kappa shape index (κ2) is 7.59. The van der Waals surface area contributed by atoms with Crippen molar-refractivity contribution < 1.29 is 14.7 Å². The lowest BCUT2D eigenvalue weighted by Crippen LogP contribution is -2.45. The van der Waals surface area contributed by atoms with Gasteiger partial charge in [0.15, 0.2) is 0 Å². The number of hydrogen-bond donors (Lipinski definition) is 2. The van der Waals surface area contributed by atoms with E-state index in [4.69, 9.17) is 0 Å². The number of carboxylic acids is 1. The number of nitrogens with one attached hydrogen (secondary N) is 1. The normalized spacial score (nSPS) is 17.2. The Labute approximate surface area is 133 Å². The van der Waals surface area contributed by atoms with Gasteiger partial charge in [-0.3, -0.25) is 4.79 Å². The summed E-state index contributed by atoms with van der Waals surface area (Å²) < 4.78 is 0.948. The molecule has 5 heteroatoms. The van der Waals surface area contributed by atoms with Crippen LogP contribution in [0, 0.1) is 5.92 Å². The Morgan fingerprint density at radius 1 is 1.19 bits per heavy atom. The minimum absolute atomic E-state index is 0.0227. The standard InChI is InChI=1S/C16H20BrNO3/c17-13-8-6-11(7-9-13)10-14(16(20)21)18-15(19)12-4-2-1-3-5-12/h6-9,12,14H,1-5,10H2,(H,18,19)(H,20,21). The van der Waals surface area contributed by atoms with E-state index in [1.54, 1.807) is 0 Å². The fourth-order valence-corrected chi connectivity index (χ4v) is 2.97. The second-order valence-corrected chi connectivity index (χ2v) is 6.48. The molecule has 1 aromatic rings. The molecule has 1 saturated carbocycles. The van der Waals surface area contributed by atoms with E-state index in [1.807, 2.05) is 24.3 Å². The topological polar surface area (TPSA) is 66.4 Å². The van der Waals surface area contributed by atoms with Crippen molar-refractivity contribution in [2.24, 2.45) is 5.92 Å². The summed E-state index contributed by atoms with van der Waals surface area (Å²) in [5, 5.41) is 12.0. The number of rotatable bonds is 5. The lowest BCUT2D eigenvalue weighted by molar-refractivity contribution is -0.142. The van der Waals surface area contributed by atoms with E-state index in [2.05, 4.69) is 21.2 Å². The predicted octanol–water partition coefficient (Wildman–Crippen LogP) is 3.14. The first-order chi connectivity index (χ1) is 10.1. The quantitative estimate of drug-likeness (QED) is 0.854. The molecular formula is C16H20BrNO3. The highest BCUT2D eigenvalue weighted by atomic mass is 79.9. The molecule has 0 aliphatic heterocycles. The van der Waals surface area contributed by atoms with Crippen molar-refractivity contribution in [2.75, 3.05) is 0 Å². The number of hydrogen-bond acceptors (Lipinski definition) is 2. The monoisotopic (exact) mass is 353 g/mol. The zero-order valence-corrected chi connectivity index (χ0v) is 13.4. The third-order valence-electron chi connectivity index (χ3n) is 3.94. The first-order valence-corrected chi connectivity index (χ1v) is 8.13. The van der Waals surface area contributed by atoms with Gasteiger partial charge < -0.3 is 10.4 Å². The zero-order valence-electron chi connectivity index (χ0n) is 11.8. The molecule has 4 nitrogen and oxygen atoms in total. The molecule has 1 fully saturated rings. The maximum atomic E-state index is 12.2. The Kier molecular flexibility index (Phi) is 5.79. The minimum Gasteiger partial charge on any atom is -0.480 e. The molecule has 0 bridgehead atoms. The van der Waals surface area contributed by atoms with Crippen molar-refractivity contribution in [3.8, 4) is 0 Å². The highest BCUT2D eigenvalue weighted by Crippen LogP contribution is 2.24. The van der Waals surface area contributed by atoms with Gasteiger partial charge in [0.2, 0.25) is 5.91 Å². The summed E-state index contributed by atoms with van der Waals surface area (Å²) in [5.41, 5.74) is 0.898. The van der Waals surface area contributed by atoms with Gasteiger partial charge >= 0.3 is 5.97 Å². The molecule has 1 aliphatic carbocycles. The lowest BCUT2D eigenvalue weighted by atomic mass is 9.88. The molecule has 1 amide bonds. The van der Waals surface area contributed by atoms with Crippen LogP contribution in [0.1, 0.15) is 37.7 Å². The molecular weight excluding hydrogens is 334 g/mol. The van der Waals surface area contributed by atoms with Crippen molar-refractivity contribution in [1.82, 2.24) is 5.32 Å². The molecule has 1 atom stereocenters. The van der Waals surface area contributed by atoms with Crippen LogP contribution in [0.15, 0.2) is 28.7 Å². The van der Waals surface area contributed by atoms with E-state index >= 15 is 0 Å². The third kappa shape index (κ3) is 4.84. The molecule has 21 heavy (non-hydrogen) atoms. The van der Waals surface area contributed by atoms with Crippen LogP contribution >= 0.6 is 15.9 Å². The SMILES string of the molecule is O=C(NC(Cc1ccc(Br)cc1)C(=O)O)C1CCCCC1. The lowest BCUT2D eigenvalue weighted by Gasteiger charge is -2.23. The smallest absolute Gasteiger partial charge is 0.326 e. The number of carbonyl (C=O) groups excluding carboxylic acids is 1. The van der Waals surface area contributed by atoms with Crippen LogP contribution < -0.4 is 5.32 Å². The number of benzene rings is 1. The average molecular weight is 354 g/mol. The van der Waals surface area contributed by atoms with E-state index in [0.29, 0.717) is 6.42 Å². The summed E-state index contributed by atoms with van der Waals surface area (Å²) >= 11 is 3.35. The number of aliphatic carboxylic acids is 1. The van der Waals surface area contributed by atoms with Crippen molar-refractivity contribution in [3.05, 3.63) is 34.3 Å². The van der Waals surface area contributed by atoms with Gasteiger partial charge in [-0.25, -0.2) is 4.79 Å². The van der Waals surface area contributed by atoms with Crippen LogP contribution in [-0.2, 0) is 16.0 Å². The first kappa shape index (κ1) is 16.0. The molecule has 0 aromatic heterocycles. The van der Waals surface area contributed by atoms with Crippen LogP contribution in [0.5, 0.6) is 0 Å². The van der Waals surface area contributed by atoms with Gasteiger partial charge in [0.25, 0.3) is 0 Å². The van der Waals surface area contributed by atoms with Crippen molar-refractivity contribution >= 4 is 27.8 Å². The second-order valence-electron chi connectivity index (χ2n) is 5.56. The number of carbonyl (C=O) groups is 2.